The van der Waals surface area contributed by atoms with Gasteiger partial charge < -0.3 is 9.47 Å². The maximum absolute atomic E-state index is 12.5. The summed E-state index contributed by atoms with van der Waals surface area (Å²) in [6.45, 7) is 0.406. The first-order valence-electron chi connectivity index (χ1n) is 7.10. The molecule has 3 rings (SSSR count). The molecule has 0 radical (unpaired) electrons. The van der Waals surface area contributed by atoms with Crippen LogP contribution in [0, 0.1) is 0 Å². The van der Waals surface area contributed by atoms with E-state index in [4.69, 9.17) is 44.3 Å². The van der Waals surface area contributed by atoms with Crippen LogP contribution in [0.2, 0.25) is 0 Å². The molecule has 1 aliphatic heterocycles. The molecular weight excluding hydrogens is 402 g/mol. The molecule has 0 aliphatic carbocycles. The van der Waals surface area contributed by atoms with Crippen LogP contribution < -0.4 is 4.74 Å². The van der Waals surface area contributed by atoms with Gasteiger partial charge in [-0.05, 0) is 23.8 Å². The fourth-order valence-corrected chi connectivity index (χ4v) is 3.00. The SMILES string of the molecule is FC(F)(F)c1ccc(Oc2cccc(C3(CC(Cl)(Cl)Cl)CO3)c2)nc1. The van der Waals surface area contributed by atoms with Crippen LogP contribution in [-0.2, 0) is 16.5 Å². The Morgan fingerprint density at radius 1 is 1.16 bits per heavy atom. The van der Waals surface area contributed by atoms with Gasteiger partial charge in [-0.15, -0.1) is 0 Å². The van der Waals surface area contributed by atoms with E-state index in [1.807, 2.05) is 0 Å². The van der Waals surface area contributed by atoms with Crippen LogP contribution in [0.1, 0.15) is 17.5 Å². The highest BCUT2D eigenvalue weighted by Crippen LogP contribution is 2.50. The zero-order chi connectivity index (χ0) is 18.3. The first-order valence-corrected chi connectivity index (χ1v) is 8.23. The van der Waals surface area contributed by atoms with Crippen molar-refractivity contribution in [1.29, 1.82) is 0 Å². The van der Waals surface area contributed by atoms with Gasteiger partial charge in [0.1, 0.15) is 11.4 Å². The van der Waals surface area contributed by atoms with Crippen LogP contribution in [0.25, 0.3) is 0 Å². The van der Waals surface area contributed by atoms with Gasteiger partial charge >= 0.3 is 6.18 Å². The molecule has 1 unspecified atom stereocenters. The fourth-order valence-electron chi connectivity index (χ4n) is 2.35. The molecule has 9 heteroatoms. The lowest BCUT2D eigenvalue weighted by Crippen LogP contribution is -2.18. The highest BCUT2D eigenvalue weighted by atomic mass is 35.6. The van der Waals surface area contributed by atoms with Gasteiger partial charge in [0.15, 0.2) is 3.79 Å². The summed E-state index contributed by atoms with van der Waals surface area (Å²) in [5.41, 5.74) is -0.789. The Hall–Kier alpha value is -1.21. The maximum Gasteiger partial charge on any atom is 0.417 e. The molecule has 0 N–H and O–H groups in total. The van der Waals surface area contributed by atoms with Crippen molar-refractivity contribution >= 4 is 34.8 Å². The fraction of sp³-hybridized carbons (Fsp3) is 0.312. The summed E-state index contributed by atoms with van der Waals surface area (Å²) in [6.07, 6.45) is -3.56. The molecule has 25 heavy (non-hydrogen) atoms. The molecule has 1 fully saturated rings. The first kappa shape index (κ1) is 18.6. The van der Waals surface area contributed by atoms with Crippen molar-refractivity contribution in [3.8, 4) is 11.6 Å². The third kappa shape index (κ3) is 4.70. The Kier molecular flexibility index (Phi) is 4.83. The summed E-state index contributed by atoms with van der Waals surface area (Å²) < 4.78 is 47.1. The van der Waals surface area contributed by atoms with E-state index in [1.165, 1.54) is 0 Å². The number of benzene rings is 1. The Balaban J connectivity index is 1.77. The molecule has 0 spiro atoms. The number of alkyl halides is 6. The normalized spacial score (nSPS) is 20.4. The molecule has 3 nitrogen and oxygen atoms in total. The molecule has 1 aliphatic rings. The molecule has 1 saturated heterocycles. The smallest absolute Gasteiger partial charge is 0.417 e. The second-order valence-electron chi connectivity index (χ2n) is 5.59. The highest BCUT2D eigenvalue weighted by Gasteiger charge is 2.51. The standard InChI is InChI=1S/C16H11Cl3F3NO2/c17-15(18,19)8-14(9-24-14)10-2-1-3-12(6-10)25-13-5-4-11(7-23-13)16(20,21)22/h1-7H,8-9H2. The predicted octanol–water partition coefficient (Wildman–Crippen LogP) is 5.88. The van der Waals surface area contributed by atoms with E-state index in [1.54, 1.807) is 24.3 Å². The third-order valence-corrected chi connectivity index (χ3v) is 4.03. The minimum Gasteiger partial charge on any atom is -0.439 e. The molecule has 1 aromatic heterocycles. The van der Waals surface area contributed by atoms with Gasteiger partial charge in [0.25, 0.3) is 0 Å². The van der Waals surface area contributed by atoms with Crippen molar-refractivity contribution in [2.75, 3.05) is 6.61 Å². The average Bonchev–Trinajstić information content (AvgIpc) is 3.26. The van der Waals surface area contributed by atoms with Crippen molar-refractivity contribution in [3.05, 3.63) is 53.7 Å². The quantitative estimate of drug-likeness (QED) is 0.465. The van der Waals surface area contributed by atoms with E-state index in [0.717, 1.165) is 17.7 Å². The molecule has 0 bridgehead atoms. The van der Waals surface area contributed by atoms with Gasteiger partial charge in [-0.1, -0.05) is 46.9 Å². The number of rotatable bonds is 4. The Morgan fingerprint density at radius 3 is 2.40 bits per heavy atom. The topological polar surface area (TPSA) is 34.6 Å². The first-order chi connectivity index (χ1) is 11.6. The van der Waals surface area contributed by atoms with Gasteiger partial charge in [0.2, 0.25) is 5.88 Å². The van der Waals surface area contributed by atoms with Gasteiger partial charge in [0.05, 0.1) is 12.2 Å². The second kappa shape index (κ2) is 6.50. The lowest BCUT2D eigenvalue weighted by molar-refractivity contribution is -0.137. The van der Waals surface area contributed by atoms with Crippen molar-refractivity contribution in [2.24, 2.45) is 0 Å². The Morgan fingerprint density at radius 2 is 1.88 bits per heavy atom. The van der Waals surface area contributed by atoms with Crippen molar-refractivity contribution < 1.29 is 22.6 Å². The number of nitrogens with zero attached hydrogens (tertiary/aromatic N) is 1. The molecular formula is C16H11Cl3F3NO2. The number of hydrogen-bond acceptors (Lipinski definition) is 3. The van der Waals surface area contributed by atoms with Crippen LogP contribution >= 0.6 is 34.8 Å². The minimum atomic E-state index is -4.45. The number of ether oxygens (including phenoxy) is 2. The maximum atomic E-state index is 12.5. The van der Waals surface area contributed by atoms with Gasteiger partial charge in [-0.2, -0.15) is 13.2 Å². The van der Waals surface area contributed by atoms with Crippen LogP contribution in [0.15, 0.2) is 42.6 Å². The summed E-state index contributed by atoms with van der Waals surface area (Å²) in [4.78, 5) is 3.67. The summed E-state index contributed by atoms with van der Waals surface area (Å²) >= 11 is 17.5. The van der Waals surface area contributed by atoms with Crippen molar-refractivity contribution in [2.45, 2.75) is 22.0 Å². The van der Waals surface area contributed by atoms with Crippen LogP contribution in [0.4, 0.5) is 13.2 Å². The average molecular weight is 413 g/mol. The zero-order valence-corrected chi connectivity index (χ0v) is 14.8. The molecule has 134 valence electrons. The Bertz CT molecular complexity index is 756. The number of halogens is 6. The number of pyridine rings is 1. The van der Waals surface area contributed by atoms with E-state index < -0.39 is 21.1 Å². The summed E-state index contributed by atoms with van der Waals surface area (Å²) in [5, 5.41) is 0. The van der Waals surface area contributed by atoms with Gasteiger partial charge in [-0.25, -0.2) is 4.98 Å². The lowest BCUT2D eigenvalue weighted by Gasteiger charge is -2.18. The molecule has 0 saturated carbocycles. The summed E-state index contributed by atoms with van der Waals surface area (Å²) in [6, 6.07) is 8.91. The van der Waals surface area contributed by atoms with Crippen LogP contribution in [0.3, 0.4) is 0 Å². The largest absolute Gasteiger partial charge is 0.439 e. The zero-order valence-electron chi connectivity index (χ0n) is 12.5. The summed E-state index contributed by atoms with van der Waals surface area (Å²) in [7, 11) is 0. The van der Waals surface area contributed by atoms with Gasteiger partial charge in [-0.3, -0.25) is 0 Å². The molecule has 1 aromatic carbocycles. The van der Waals surface area contributed by atoms with Crippen molar-refractivity contribution in [3.63, 3.8) is 0 Å². The van der Waals surface area contributed by atoms with E-state index >= 15 is 0 Å². The molecule has 2 aromatic rings. The van der Waals surface area contributed by atoms with Crippen LogP contribution in [-0.4, -0.2) is 15.4 Å². The third-order valence-electron chi connectivity index (χ3n) is 3.63. The molecule has 1 atom stereocenters. The molecule has 0 amide bonds. The van der Waals surface area contributed by atoms with E-state index in [2.05, 4.69) is 4.98 Å². The second-order valence-corrected chi connectivity index (χ2v) is 8.10. The Labute approximate surface area is 156 Å². The van der Waals surface area contributed by atoms with Crippen LogP contribution in [0.5, 0.6) is 11.6 Å². The van der Waals surface area contributed by atoms with E-state index in [0.29, 0.717) is 18.6 Å². The number of epoxide rings is 1. The summed E-state index contributed by atoms with van der Waals surface area (Å²) in [5.74, 6) is 0.432. The molecule has 2 heterocycles. The lowest BCUT2D eigenvalue weighted by atomic mass is 9.97. The van der Waals surface area contributed by atoms with Gasteiger partial charge in [0, 0.05) is 18.7 Å². The van der Waals surface area contributed by atoms with E-state index in [-0.39, 0.29) is 12.3 Å². The predicted molar refractivity (Wildman–Crippen MR) is 88.3 cm³/mol. The highest BCUT2D eigenvalue weighted by molar-refractivity contribution is 6.67. The minimum absolute atomic E-state index is 0.0392. The monoisotopic (exact) mass is 411 g/mol. The number of aromatic nitrogens is 1. The van der Waals surface area contributed by atoms with Crippen molar-refractivity contribution in [1.82, 2.24) is 4.98 Å². The van der Waals surface area contributed by atoms with E-state index in [9.17, 15) is 13.2 Å². The number of hydrogen-bond donors (Lipinski definition) is 0.